The molecular formula is C26H36N4O3S. The molecule has 1 aromatic heterocycles. The lowest BCUT2D eigenvalue weighted by Crippen LogP contribution is -2.30. The Morgan fingerprint density at radius 1 is 1.00 bits per heavy atom. The Bertz CT molecular complexity index is 1200. The maximum atomic E-state index is 12.9. The van der Waals surface area contributed by atoms with Crippen LogP contribution in [0.4, 0.5) is 0 Å². The van der Waals surface area contributed by atoms with Crippen molar-refractivity contribution >= 4 is 27.0 Å². The number of rotatable bonds is 12. The molecule has 0 unspecified atom stereocenters. The van der Waals surface area contributed by atoms with Gasteiger partial charge in [-0.15, -0.1) is 0 Å². The number of aromatic nitrogens is 2. The van der Waals surface area contributed by atoms with Crippen molar-refractivity contribution in [3.63, 3.8) is 0 Å². The molecule has 7 nitrogen and oxygen atoms in total. The highest BCUT2D eigenvalue weighted by Gasteiger charge is 2.23. The van der Waals surface area contributed by atoms with Gasteiger partial charge in [-0.05, 0) is 43.5 Å². The fraction of sp³-hybridized carbons (Fsp3) is 0.462. The molecule has 0 aliphatic carbocycles. The van der Waals surface area contributed by atoms with Crippen LogP contribution < -0.4 is 0 Å². The Balaban J connectivity index is 1.67. The van der Waals surface area contributed by atoms with Crippen LogP contribution >= 0.6 is 0 Å². The number of amides is 1. The second-order valence-electron chi connectivity index (χ2n) is 8.42. The van der Waals surface area contributed by atoms with Crippen molar-refractivity contribution in [1.29, 1.82) is 0 Å². The summed E-state index contributed by atoms with van der Waals surface area (Å²) < 4.78 is 29.3. The molecule has 0 N–H and O–H groups in total. The topological polar surface area (TPSA) is 75.5 Å². The molecule has 3 aromatic rings. The zero-order valence-electron chi connectivity index (χ0n) is 20.7. The molecule has 1 amide bonds. The molecule has 34 heavy (non-hydrogen) atoms. The number of aryl methyl sites for hydroxylation is 3. The molecule has 0 radical (unpaired) electrons. The van der Waals surface area contributed by atoms with Crippen molar-refractivity contribution in [3.8, 4) is 0 Å². The first-order chi connectivity index (χ1) is 16.3. The predicted octanol–water partition coefficient (Wildman–Crippen LogP) is 4.11. The highest BCUT2D eigenvalue weighted by atomic mass is 32.2. The van der Waals surface area contributed by atoms with Gasteiger partial charge < -0.3 is 9.47 Å². The van der Waals surface area contributed by atoms with Crippen molar-refractivity contribution in [2.45, 2.75) is 57.9 Å². The van der Waals surface area contributed by atoms with E-state index in [1.807, 2.05) is 52.1 Å². The summed E-state index contributed by atoms with van der Waals surface area (Å²) in [6.07, 6.45) is 2.75. The van der Waals surface area contributed by atoms with Crippen molar-refractivity contribution in [3.05, 3.63) is 59.9 Å². The van der Waals surface area contributed by atoms with Gasteiger partial charge in [-0.25, -0.2) is 13.4 Å². The van der Waals surface area contributed by atoms with Gasteiger partial charge >= 0.3 is 0 Å². The number of benzene rings is 2. The Kier molecular flexibility index (Phi) is 8.85. The summed E-state index contributed by atoms with van der Waals surface area (Å²) in [5, 5.41) is 0. The number of hydrogen-bond donors (Lipinski definition) is 0. The average Bonchev–Trinajstić information content (AvgIpc) is 3.20. The summed E-state index contributed by atoms with van der Waals surface area (Å²) in [4.78, 5) is 19.5. The van der Waals surface area contributed by atoms with Crippen molar-refractivity contribution in [1.82, 2.24) is 18.8 Å². The number of hydrogen-bond acceptors (Lipinski definition) is 4. The molecule has 0 atom stereocenters. The zero-order chi connectivity index (χ0) is 24.7. The van der Waals surface area contributed by atoms with Crippen LogP contribution in [0.2, 0.25) is 0 Å². The van der Waals surface area contributed by atoms with Crippen LogP contribution in [0.3, 0.4) is 0 Å². The first-order valence-corrected chi connectivity index (χ1v) is 13.5. The summed E-state index contributed by atoms with van der Waals surface area (Å²) in [7, 11) is -1.70. The highest BCUT2D eigenvalue weighted by molar-refractivity contribution is 7.89. The van der Waals surface area contributed by atoms with Crippen molar-refractivity contribution < 1.29 is 13.2 Å². The van der Waals surface area contributed by atoms with Crippen LogP contribution in [0, 0.1) is 0 Å². The molecule has 0 fully saturated rings. The van der Waals surface area contributed by atoms with Crippen LogP contribution in [0.15, 0.2) is 53.4 Å². The minimum atomic E-state index is -3.55. The lowest BCUT2D eigenvalue weighted by Gasteiger charge is -2.18. The lowest BCUT2D eigenvalue weighted by atomic mass is 10.1. The Morgan fingerprint density at radius 3 is 2.35 bits per heavy atom. The summed E-state index contributed by atoms with van der Waals surface area (Å²) in [6, 6.07) is 15.4. The van der Waals surface area contributed by atoms with Gasteiger partial charge in [0.2, 0.25) is 15.9 Å². The number of nitrogens with zero attached hydrogens (tertiary/aromatic N) is 4. The third-order valence-electron chi connectivity index (χ3n) is 6.25. The zero-order valence-corrected chi connectivity index (χ0v) is 21.5. The van der Waals surface area contributed by atoms with Crippen molar-refractivity contribution in [2.75, 3.05) is 26.7 Å². The Morgan fingerprint density at radius 2 is 1.71 bits per heavy atom. The minimum Gasteiger partial charge on any atom is -0.346 e. The first kappa shape index (κ1) is 25.9. The second kappa shape index (κ2) is 11.6. The smallest absolute Gasteiger partial charge is 0.243 e. The quantitative estimate of drug-likeness (QED) is 0.388. The van der Waals surface area contributed by atoms with E-state index in [2.05, 4.69) is 16.7 Å². The van der Waals surface area contributed by atoms with Gasteiger partial charge in [0.15, 0.2) is 0 Å². The molecule has 184 valence electrons. The maximum absolute atomic E-state index is 12.9. The van der Waals surface area contributed by atoms with Crippen molar-refractivity contribution in [2.24, 2.45) is 0 Å². The van der Waals surface area contributed by atoms with Crippen LogP contribution in [0.1, 0.15) is 45.0 Å². The molecule has 0 spiro atoms. The SMILES string of the molecule is CCN(CC)S(=O)(=O)c1ccc2c(c1)nc(CCC(=O)N(C)CCCc1ccccc1)n2CC. The van der Waals surface area contributed by atoms with Gasteiger partial charge in [0.25, 0.3) is 0 Å². The average molecular weight is 485 g/mol. The van der Waals surface area contributed by atoms with E-state index in [9.17, 15) is 13.2 Å². The van der Waals surface area contributed by atoms with E-state index in [0.717, 1.165) is 24.2 Å². The number of sulfonamides is 1. The van der Waals surface area contributed by atoms with E-state index in [1.165, 1.54) is 9.87 Å². The third kappa shape index (κ3) is 5.85. The van der Waals surface area contributed by atoms with E-state index in [-0.39, 0.29) is 10.8 Å². The summed E-state index contributed by atoms with van der Waals surface area (Å²) in [6.45, 7) is 7.96. The van der Waals surface area contributed by atoms with E-state index in [0.29, 0.717) is 44.5 Å². The standard InChI is InChI=1S/C26H36N4O3S/c1-5-29(6-2)34(32,33)22-15-16-24-23(20-22)27-25(30(24)7-3)17-18-26(31)28(4)19-11-14-21-12-9-8-10-13-21/h8-10,12-13,15-16,20H,5-7,11,14,17-19H2,1-4H3. The maximum Gasteiger partial charge on any atom is 0.243 e. The highest BCUT2D eigenvalue weighted by Crippen LogP contribution is 2.23. The molecule has 8 heteroatoms. The van der Waals surface area contributed by atoms with Gasteiger partial charge in [-0.1, -0.05) is 44.2 Å². The van der Waals surface area contributed by atoms with E-state index >= 15 is 0 Å². The lowest BCUT2D eigenvalue weighted by molar-refractivity contribution is -0.129. The molecule has 0 aliphatic rings. The normalized spacial score (nSPS) is 11.9. The van der Waals surface area contributed by atoms with Crippen LogP contribution in [-0.4, -0.2) is 59.8 Å². The van der Waals surface area contributed by atoms with Gasteiger partial charge in [0.1, 0.15) is 5.82 Å². The first-order valence-electron chi connectivity index (χ1n) is 12.1. The van der Waals surface area contributed by atoms with Gasteiger partial charge in [-0.2, -0.15) is 4.31 Å². The van der Waals surface area contributed by atoms with E-state index in [4.69, 9.17) is 4.98 Å². The van der Waals surface area contributed by atoms with Crippen LogP contribution in [0.5, 0.6) is 0 Å². The fourth-order valence-corrected chi connectivity index (χ4v) is 5.75. The monoisotopic (exact) mass is 484 g/mol. The summed E-state index contributed by atoms with van der Waals surface area (Å²) in [5.41, 5.74) is 2.82. The van der Waals surface area contributed by atoms with Crippen LogP contribution in [-0.2, 0) is 34.2 Å². The molecule has 1 heterocycles. The Labute approximate surface area is 203 Å². The molecule has 3 rings (SSSR count). The minimum absolute atomic E-state index is 0.0903. The second-order valence-corrected chi connectivity index (χ2v) is 10.4. The van der Waals surface area contributed by atoms with E-state index in [1.54, 1.807) is 17.0 Å². The summed E-state index contributed by atoms with van der Waals surface area (Å²) in [5.74, 6) is 0.897. The molecule has 2 aromatic carbocycles. The molecule has 0 saturated carbocycles. The number of carbonyl (C=O) groups is 1. The molecule has 0 bridgehead atoms. The van der Waals surface area contributed by atoms with E-state index < -0.39 is 10.0 Å². The molecule has 0 saturated heterocycles. The number of imidazole rings is 1. The fourth-order valence-electron chi connectivity index (χ4n) is 4.28. The summed E-state index contributed by atoms with van der Waals surface area (Å²) >= 11 is 0. The molecule has 0 aliphatic heterocycles. The van der Waals surface area contributed by atoms with Gasteiger partial charge in [0, 0.05) is 46.1 Å². The van der Waals surface area contributed by atoms with Gasteiger partial charge in [0.05, 0.1) is 15.9 Å². The predicted molar refractivity (Wildman–Crippen MR) is 136 cm³/mol. The largest absolute Gasteiger partial charge is 0.346 e. The van der Waals surface area contributed by atoms with Gasteiger partial charge in [-0.3, -0.25) is 4.79 Å². The number of fused-ring (bicyclic) bond motifs is 1. The third-order valence-corrected chi connectivity index (χ3v) is 8.29. The Hall–Kier alpha value is -2.71. The number of carbonyl (C=O) groups excluding carboxylic acids is 1. The van der Waals surface area contributed by atoms with Crippen LogP contribution in [0.25, 0.3) is 11.0 Å². The molecular weight excluding hydrogens is 448 g/mol.